The maximum Gasteiger partial charge on any atom is 0.338 e. The Morgan fingerprint density at radius 1 is 1.53 bits per heavy atom. The molecule has 2 heterocycles. The van der Waals surface area contributed by atoms with Crippen molar-refractivity contribution in [3.05, 3.63) is 23.7 Å². The Balaban J connectivity index is 1.87. The molecule has 6 heteroatoms. The minimum Gasteiger partial charge on any atom is -0.478 e. The number of hydrogen-bond acceptors (Lipinski definition) is 4. The van der Waals surface area contributed by atoms with E-state index in [-0.39, 0.29) is 17.4 Å². The van der Waals surface area contributed by atoms with Crippen LogP contribution in [0.15, 0.2) is 16.7 Å². The van der Waals surface area contributed by atoms with Crippen LogP contribution in [0.3, 0.4) is 0 Å². The van der Waals surface area contributed by atoms with Gasteiger partial charge in [-0.3, -0.25) is 4.79 Å². The predicted molar refractivity (Wildman–Crippen MR) is 57.0 cm³/mol. The van der Waals surface area contributed by atoms with Gasteiger partial charge in [0.15, 0.2) is 5.76 Å². The quantitative estimate of drug-likeness (QED) is 0.814. The monoisotopic (exact) mass is 239 g/mol. The Morgan fingerprint density at radius 3 is 2.94 bits per heavy atom. The first-order valence-corrected chi connectivity index (χ1v) is 5.38. The molecule has 1 aliphatic rings. The van der Waals surface area contributed by atoms with Gasteiger partial charge in [-0.15, -0.1) is 0 Å². The Morgan fingerprint density at radius 2 is 2.35 bits per heavy atom. The van der Waals surface area contributed by atoms with E-state index in [1.165, 1.54) is 6.07 Å². The van der Waals surface area contributed by atoms with Gasteiger partial charge in [-0.1, -0.05) is 0 Å². The normalized spacial score (nSPS) is 19.2. The molecule has 0 aromatic carbocycles. The lowest BCUT2D eigenvalue weighted by Crippen LogP contribution is -2.31. The van der Waals surface area contributed by atoms with Crippen molar-refractivity contribution in [2.24, 2.45) is 0 Å². The number of ether oxygens (including phenoxy) is 1. The molecule has 1 fully saturated rings. The maximum absolute atomic E-state index is 11.6. The second kappa shape index (κ2) is 5.01. The zero-order chi connectivity index (χ0) is 12.3. The molecular weight excluding hydrogens is 226 g/mol. The van der Waals surface area contributed by atoms with Gasteiger partial charge < -0.3 is 19.6 Å². The Kier molecular flexibility index (Phi) is 3.43. The van der Waals surface area contributed by atoms with Crippen molar-refractivity contribution in [3.63, 3.8) is 0 Å². The molecule has 17 heavy (non-hydrogen) atoms. The molecule has 0 saturated carbocycles. The molecule has 2 N–H and O–H groups in total. The Labute approximate surface area is 97.6 Å². The standard InChI is InChI=1S/C11H13NO5/c13-10(12-5-8-2-1-3-16-8)9-4-7(6-17-9)11(14)15/h4,6,8H,1-3,5H2,(H,12,13)(H,14,15). The van der Waals surface area contributed by atoms with Crippen LogP contribution in [0, 0.1) is 0 Å². The van der Waals surface area contributed by atoms with E-state index in [4.69, 9.17) is 14.3 Å². The highest BCUT2D eigenvalue weighted by atomic mass is 16.5. The van der Waals surface area contributed by atoms with Gasteiger partial charge >= 0.3 is 5.97 Å². The molecule has 1 amide bonds. The summed E-state index contributed by atoms with van der Waals surface area (Å²) in [7, 11) is 0. The average Bonchev–Trinajstić information content (AvgIpc) is 2.96. The van der Waals surface area contributed by atoms with Crippen LogP contribution in [0.25, 0.3) is 0 Å². The van der Waals surface area contributed by atoms with E-state index in [9.17, 15) is 9.59 Å². The summed E-state index contributed by atoms with van der Waals surface area (Å²) in [5, 5.41) is 11.3. The number of aromatic carboxylic acids is 1. The van der Waals surface area contributed by atoms with Crippen LogP contribution >= 0.6 is 0 Å². The van der Waals surface area contributed by atoms with Crippen molar-refractivity contribution >= 4 is 11.9 Å². The molecule has 92 valence electrons. The molecule has 0 aliphatic carbocycles. The highest BCUT2D eigenvalue weighted by Crippen LogP contribution is 2.11. The van der Waals surface area contributed by atoms with Crippen molar-refractivity contribution in [3.8, 4) is 0 Å². The van der Waals surface area contributed by atoms with Crippen LogP contribution in [0.2, 0.25) is 0 Å². The molecule has 1 saturated heterocycles. The predicted octanol–water partition coefficient (Wildman–Crippen LogP) is 0.887. The summed E-state index contributed by atoms with van der Waals surface area (Å²) in [6, 6.07) is 1.20. The lowest BCUT2D eigenvalue weighted by Gasteiger charge is -2.09. The van der Waals surface area contributed by atoms with Gasteiger partial charge in [0.25, 0.3) is 5.91 Å². The first-order valence-electron chi connectivity index (χ1n) is 5.38. The number of carboxylic acids is 1. The minimum absolute atomic E-state index is 0.000368. The van der Waals surface area contributed by atoms with E-state index in [1.54, 1.807) is 0 Å². The van der Waals surface area contributed by atoms with E-state index < -0.39 is 11.9 Å². The van der Waals surface area contributed by atoms with Gasteiger partial charge in [-0.05, 0) is 12.8 Å². The number of carbonyl (C=O) groups excluding carboxylic acids is 1. The van der Waals surface area contributed by atoms with Crippen molar-refractivity contribution in [2.45, 2.75) is 18.9 Å². The molecular formula is C11H13NO5. The number of carbonyl (C=O) groups is 2. The third-order valence-electron chi connectivity index (χ3n) is 2.58. The van der Waals surface area contributed by atoms with Gasteiger partial charge in [0, 0.05) is 19.2 Å². The molecule has 1 unspecified atom stereocenters. The van der Waals surface area contributed by atoms with Crippen molar-refractivity contribution in [2.75, 3.05) is 13.2 Å². The fourth-order valence-electron chi connectivity index (χ4n) is 1.67. The summed E-state index contributed by atoms with van der Waals surface area (Å²) in [6.45, 7) is 1.15. The Hall–Kier alpha value is -1.82. The van der Waals surface area contributed by atoms with Crippen molar-refractivity contribution in [1.82, 2.24) is 5.32 Å². The summed E-state index contributed by atoms with van der Waals surface area (Å²) in [5.41, 5.74) is -0.0349. The first-order chi connectivity index (χ1) is 8.16. The number of rotatable bonds is 4. The van der Waals surface area contributed by atoms with Crippen LogP contribution in [0.4, 0.5) is 0 Å². The molecule has 1 atom stereocenters. The number of carboxylic acid groups (broad SMARTS) is 1. The second-order valence-corrected chi connectivity index (χ2v) is 3.85. The molecule has 1 aliphatic heterocycles. The van der Waals surface area contributed by atoms with E-state index in [0.29, 0.717) is 6.54 Å². The van der Waals surface area contributed by atoms with Gasteiger partial charge in [0.1, 0.15) is 6.26 Å². The van der Waals surface area contributed by atoms with Crippen molar-refractivity contribution < 1.29 is 23.8 Å². The lowest BCUT2D eigenvalue weighted by atomic mass is 10.2. The second-order valence-electron chi connectivity index (χ2n) is 3.85. The van der Waals surface area contributed by atoms with E-state index in [2.05, 4.69) is 5.32 Å². The van der Waals surface area contributed by atoms with Gasteiger partial charge in [-0.25, -0.2) is 4.79 Å². The fraction of sp³-hybridized carbons (Fsp3) is 0.455. The summed E-state index contributed by atoms with van der Waals surface area (Å²) in [6.07, 6.45) is 3.03. The molecule has 2 rings (SSSR count). The smallest absolute Gasteiger partial charge is 0.338 e. The van der Waals surface area contributed by atoms with E-state index >= 15 is 0 Å². The summed E-state index contributed by atoms with van der Waals surface area (Å²) >= 11 is 0. The minimum atomic E-state index is -1.12. The van der Waals surface area contributed by atoms with Crippen LogP contribution in [0.1, 0.15) is 33.8 Å². The molecule has 1 aromatic rings. The highest BCUT2D eigenvalue weighted by molar-refractivity contribution is 5.95. The number of hydrogen-bond donors (Lipinski definition) is 2. The van der Waals surface area contributed by atoms with Gasteiger partial charge in [0.2, 0.25) is 0 Å². The summed E-state index contributed by atoms with van der Waals surface area (Å²) < 4.78 is 10.2. The topological polar surface area (TPSA) is 88.8 Å². The fourth-order valence-corrected chi connectivity index (χ4v) is 1.67. The van der Waals surface area contributed by atoms with Crippen LogP contribution < -0.4 is 5.32 Å². The molecule has 0 radical (unpaired) electrons. The molecule has 1 aromatic heterocycles. The lowest BCUT2D eigenvalue weighted by molar-refractivity contribution is 0.0696. The van der Waals surface area contributed by atoms with Crippen LogP contribution in [0.5, 0.6) is 0 Å². The van der Waals surface area contributed by atoms with Gasteiger partial charge in [-0.2, -0.15) is 0 Å². The third kappa shape index (κ3) is 2.85. The zero-order valence-electron chi connectivity index (χ0n) is 9.14. The average molecular weight is 239 g/mol. The van der Waals surface area contributed by atoms with Crippen LogP contribution in [-0.4, -0.2) is 36.2 Å². The van der Waals surface area contributed by atoms with E-state index in [0.717, 1.165) is 25.7 Å². The molecule has 6 nitrogen and oxygen atoms in total. The highest BCUT2D eigenvalue weighted by Gasteiger charge is 2.18. The largest absolute Gasteiger partial charge is 0.478 e. The maximum atomic E-state index is 11.6. The molecule has 0 bridgehead atoms. The SMILES string of the molecule is O=C(O)c1coc(C(=O)NCC2CCCO2)c1. The Bertz CT molecular complexity index is 419. The summed E-state index contributed by atoms with van der Waals surface area (Å²) in [5.74, 6) is -1.54. The molecule has 0 spiro atoms. The third-order valence-corrected chi connectivity index (χ3v) is 2.58. The zero-order valence-corrected chi connectivity index (χ0v) is 9.14. The van der Waals surface area contributed by atoms with Crippen molar-refractivity contribution in [1.29, 1.82) is 0 Å². The number of nitrogens with one attached hydrogen (secondary N) is 1. The van der Waals surface area contributed by atoms with Gasteiger partial charge in [0.05, 0.1) is 11.7 Å². The van der Waals surface area contributed by atoms with Crippen LogP contribution in [-0.2, 0) is 4.74 Å². The first kappa shape index (κ1) is 11.7. The number of amides is 1. The number of furan rings is 1. The van der Waals surface area contributed by atoms with E-state index in [1.807, 2.05) is 0 Å². The summed E-state index contributed by atoms with van der Waals surface area (Å²) in [4.78, 5) is 22.2.